The van der Waals surface area contributed by atoms with Gasteiger partial charge in [-0.2, -0.15) is 0 Å². The lowest BCUT2D eigenvalue weighted by atomic mass is 9.31. The minimum Gasteiger partial charge on any atom is -0.310 e. The van der Waals surface area contributed by atoms with Gasteiger partial charge in [-0.15, -0.1) is 0 Å². The maximum Gasteiger partial charge on any atom is 0.0540 e. The van der Waals surface area contributed by atoms with Crippen molar-refractivity contribution in [3.05, 3.63) is 125 Å². The molecule has 1 nitrogen and oxygen atoms in total. The molecule has 48 heavy (non-hydrogen) atoms. The Balaban J connectivity index is 1.02. The van der Waals surface area contributed by atoms with Gasteiger partial charge in [-0.25, -0.2) is 0 Å². The normalized spacial score (nSPS) is 30.3. The fourth-order valence-corrected chi connectivity index (χ4v) is 13.0. The van der Waals surface area contributed by atoms with Crippen LogP contribution in [0.25, 0.3) is 21.9 Å². The lowest BCUT2D eigenvalue weighted by Gasteiger charge is -2.73. The predicted molar refractivity (Wildman–Crippen MR) is 200 cm³/mol. The molecule has 240 valence electrons. The van der Waals surface area contributed by atoms with Gasteiger partial charge < -0.3 is 4.90 Å². The highest BCUT2D eigenvalue weighted by Crippen LogP contribution is 2.86. The van der Waals surface area contributed by atoms with Gasteiger partial charge in [-0.05, 0) is 143 Å². The van der Waals surface area contributed by atoms with E-state index in [0.29, 0.717) is 10.8 Å². The van der Waals surface area contributed by atoms with Crippen LogP contribution in [0.1, 0.15) is 106 Å². The van der Waals surface area contributed by atoms with Gasteiger partial charge in [0, 0.05) is 27.6 Å². The van der Waals surface area contributed by atoms with Crippen LogP contribution >= 0.6 is 0 Å². The van der Waals surface area contributed by atoms with E-state index in [2.05, 4.69) is 122 Å². The van der Waals surface area contributed by atoms with E-state index in [1.54, 1.807) is 11.1 Å². The standard InChI is InChI=1S/C47H47N/c1-45(2)42-24-33(31-9-4-3-5-10-31)15-21-40(42)41-22-20-38(26-43(41)45)48(44-14-8-12-32-11-6-7-13-39(32)44)37-18-16-34(17-19-37)46-27-30-23-35-25-36(29-46)47(35,46)28-30/h6-8,11-22,24,26,30-31,35-36H,3-5,9-10,23,25,27-29H2,1-2H3. The van der Waals surface area contributed by atoms with Crippen LogP contribution in [0.2, 0.25) is 0 Å². The van der Waals surface area contributed by atoms with Crippen molar-refractivity contribution in [1.82, 2.24) is 0 Å². The molecule has 0 aromatic heterocycles. The monoisotopic (exact) mass is 625 g/mol. The summed E-state index contributed by atoms with van der Waals surface area (Å²) in [5, 5.41) is 2.59. The summed E-state index contributed by atoms with van der Waals surface area (Å²) in [6.07, 6.45) is 14.3. The van der Waals surface area contributed by atoms with Crippen LogP contribution in [0.3, 0.4) is 0 Å². The first-order valence-electron chi connectivity index (χ1n) is 19.1. The molecule has 6 aliphatic rings. The summed E-state index contributed by atoms with van der Waals surface area (Å²) < 4.78 is 0. The third-order valence-corrected chi connectivity index (χ3v) is 15.1. The van der Waals surface area contributed by atoms with Crippen LogP contribution in [-0.2, 0) is 10.8 Å². The Morgan fingerprint density at radius 3 is 2.19 bits per heavy atom. The smallest absolute Gasteiger partial charge is 0.0540 e. The molecule has 0 saturated heterocycles. The summed E-state index contributed by atoms with van der Waals surface area (Å²) >= 11 is 0. The number of hydrogen-bond donors (Lipinski definition) is 0. The molecule has 11 rings (SSSR count). The van der Waals surface area contributed by atoms with Gasteiger partial charge >= 0.3 is 0 Å². The lowest BCUT2D eigenvalue weighted by molar-refractivity contribution is -0.198. The Morgan fingerprint density at radius 1 is 0.625 bits per heavy atom. The molecule has 5 saturated carbocycles. The van der Waals surface area contributed by atoms with Gasteiger partial charge in [0.15, 0.2) is 0 Å². The van der Waals surface area contributed by atoms with Gasteiger partial charge in [0.1, 0.15) is 0 Å². The lowest BCUT2D eigenvalue weighted by Crippen LogP contribution is -2.68. The third-order valence-electron chi connectivity index (χ3n) is 15.1. The second-order valence-corrected chi connectivity index (χ2v) is 17.3. The zero-order valence-electron chi connectivity index (χ0n) is 28.6. The SMILES string of the molecule is CC1(C)c2cc(C3CCCCC3)ccc2-c2ccc(N(c3ccc(C45CC6CC7CC(C4)C75C6)cc3)c3cccc4ccccc34)cc21. The van der Waals surface area contributed by atoms with Crippen LogP contribution in [-0.4, -0.2) is 0 Å². The molecule has 0 aliphatic heterocycles. The molecule has 1 heteroatoms. The molecule has 1 spiro atoms. The quantitative estimate of drug-likeness (QED) is 0.188. The molecule has 5 atom stereocenters. The highest BCUT2D eigenvalue weighted by molar-refractivity contribution is 5.99. The van der Waals surface area contributed by atoms with Crippen molar-refractivity contribution in [2.24, 2.45) is 23.2 Å². The van der Waals surface area contributed by atoms with E-state index < -0.39 is 0 Å². The highest BCUT2D eigenvalue weighted by Gasteiger charge is 2.80. The Labute approximate surface area is 286 Å². The van der Waals surface area contributed by atoms with Gasteiger partial charge in [0.2, 0.25) is 0 Å². The number of anilines is 3. The Hall–Kier alpha value is -3.84. The molecule has 0 amide bonds. The van der Waals surface area contributed by atoms with Crippen LogP contribution < -0.4 is 4.90 Å². The molecule has 5 aromatic rings. The van der Waals surface area contributed by atoms with Crippen LogP contribution in [0.5, 0.6) is 0 Å². The van der Waals surface area contributed by atoms with Crippen molar-refractivity contribution < 1.29 is 0 Å². The molecule has 5 aromatic carbocycles. The second-order valence-electron chi connectivity index (χ2n) is 17.3. The number of fused-ring (bicyclic) bond motifs is 5. The fourth-order valence-electron chi connectivity index (χ4n) is 13.0. The van der Waals surface area contributed by atoms with Crippen LogP contribution in [0.4, 0.5) is 17.1 Å². The van der Waals surface area contributed by atoms with Crippen molar-refractivity contribution >= 4 is 27.8 Å². The molecule has 0 heterocycles. The molecule has 0 radical (unpaired) electrons. The third kappa shape index (κ3) is 3.49. The van der Waals surface area contributed by atoms with Crippen molar-refractivity contribution in [1.29, 1.82) is 0 Å². The van der Waals surface area contributed by atoms with E-state index in [1.807, 2.05) is 0 Å². The van der Waals surface area contributed by atoms with E-state index in [1.165, 1.54) is 114 Å². The molecule has 5 unspecified atom stereocenters. The van der Waals surface area contributed by atoms with E-state index in [-0.39, 0.29) is 5.41 Å². The minimum absolute atomic E-state index is 0.0417. The first-order valence-corrected chi connectivity index (χ1v) is 19.1. The zero-order chi connectivity index (χ0) is 31.8. The Bertz CT molecular complexity index is 2110. The van der Waals surface area contributed by atoms with E-state index in [9.17, 15) is 0 Å². The maximum absolute atomic E-state index is 2.58. The number of nitrogens with zero attached hydrogens (tertiary/aromatic N) is 1. The summed E-state index contributed by atoms with van der Waals surface area (Å²) in [6, 6.07) is 40.5. The van der Waals surface area contributed by atoms with E-state index in [4.69, 9.17) is 0 Å². The molecule has 2 bridgehead atoms. The average Bonchev–Trinajstić information content (AvgIpc) is 3.70. The van der Waals surface area contributed by atoms with Gasteiger partial charge in [0.05, 0.1) is 5.69 Å². The summed E-state index contributed by atoms with van der Waals surface area (Å²) in [6.45, 7) is 4.91. The Morgan fingerprint density at radius 2 is 1.38 bits per heavy atom. The molecule has 0 N–H and O–H groups in total. The largest absolute Gasteiger partial charge is 0.310 e. The number of benzene rings is 5. The van der Waals surface area contributed by atoms with Crippen molar-refractivity contribution in [2.75, 3.05) is 4.90 Å². The highest BCUT2D eigenvalue weighted by atomic mass is 15.1. The van der Waals surface area contributed by atoms with Gasteiger partial charge in [-0.1, -0.05) is 106 Å². The van der Waals surface area contributed by atoms with Crippen LogP contribution in [0, 0.1) is 23.2 Å². The first kappa shape index (κ1) is 28.0. The van der Waals surface area contributed by atoms with Gasteiger partial charge in [0.25, 0.3) is 0 Å². The van der Waals surface area contributed by atoms with Gasteiger partial charge in [-0.3, -0.25) is 0 Å². The molecular weight excluding hydrogens is 579 g/mol. The van der Waals surface area contributed by atoms with E-state index in [0.717, 1.165) is 23.7 Å². The summed E-state index contributed by atoms with van der Waals surface area (Å²) in [7, 11) is 0. The predicted octanol–water partition coefficient (Wildman–Crippen LogP) is 12.7. The maximum atomic E-state index is 2.58. The number of hydrogen-bond acceptors (Lipinski definition) is 1. The molecule has 6 aliphatic carbocycles. The zero-order valence-corrected chi connectivity index (χ0v) is 28.6. The molecule has 5 fully saturated rings. The first-order chi connectivity index (χ1) is 23.5. The van der Waals surface area contributed by atoms with Crippen LogP contribution in [0.15, 0.2) is 103 Å². The fraction of sp³-hybridized carbons (Fsp3) is 0.404. The van der Waals surface area contributed by atoms with Crippen molar-refractivity contribution in [3.8, 4) is 11.1 Å². The summed E-state index contributed by atoms with van der Waals surface area (Å²) in [4.78, 5) is 2.55. The summed E-state index contributed by atoms with van der Waals surface area (Å²) in [5.74, 6) is 3.73. The average molecular weight is 626 g/mol. The van der Waals surface area contributed by atoms with Crippen molar-refractivity contribution in [3.63, 3.8) is 0 Å². The molecular formula is C47H47N. The van der Waals surface area contributed by atoms with E-state index >= 15 is 0 Å². The topological polar surface area (TPSA) is 3.24 Å². The second kappa shape index (κ2) is 9.65. The van der Waals surface area contributed by atoms with Crippen molar-refractivity contribution in [2.45, 2.75) is 94.8 Å². The minimum atomic E-state index is -0.0417. The Kier molecular flexibility index (Phi) is 5.64. The number of rotatable bonds is 5. The summed E-state index contributed by atoms with van der Waals surface area (Å²) in [5.41, 5.74) is 13.9.